The van der Waals surface area contributed by atoms with Crippen molar-refractivity contribution in [3.63, 3.8) is 0 Å². The molecular weight excluding hydrogens is 1590 g/mol. The third-order valence-corrected chi connectivity index (χ3v) is 31.6. The Kier molecular flexibility index (Phi) is 59.4. The number of carbonyl (C=O) groups excluding carboxylic acids is 6. The minimum absolute atomic E-state index is 0.0468. The number of hydrogen-bond donors (Lipinski definition) is 4. The quantitative estimate of drug-likeness (QED) is 0.0144. The zero-order chi connectivity index (χ0) is 88.2. The van der Waals surface area contributed by atoms with E-state index in [4.69, 9.17) is 98.2 Å². The van der Waals surface area contributed by atoms with Gasteiger partial charge >= 0.3 is 32.7 Å². The summed E-state index contributed by atoms with van der Waals surface area (Å²) in [6.07, 6.45) is 9.01. The van der Waals surface area contributed by atoms with Crippen molar-refractivity contribution in [2.75, 3.05) is 238 Å². The Hall–Kier alpha value is -4.13. The van der Waals surface area contributed by atoms with Crippen molar-refractivity contribution in [2.45, 2.75) is 223 Å². The molecule has 4 unspecified atom stereocenters. The molecule has 0 saturated heterocycles. The van der Waals surface area contributed by atoms with Crippen LogP contribution in [0.2, 0.25) is 51.4 Å². The zero-order valence-corrected chi connectivity index (χ0v) is 79.4. The molecule has 2 fully saturated rings. The van der Waals surface area contributed by atoms with E-state index in [9.17, 15) is 28.8 Å². The molecule has 4 atom stereocenters. The van der Waals surface area contributed by atoms with Gasteiger partial charge in [0.1, 0.15) is 26.4 Å². The number of esters is 2. The summed E-state index contributed by atoms with van der Waals surface area (Å²) < 4.78 is 119. The van der Waals surface area contributed by atoms with Gasteiger partial charge in [0.15, 0.2) is 16.6 Å². The van der Waals surface area contributed by atoms with E-state index in [-0.39, 0.29) is 98.0 Å². The second-order valence-electron chi connectivity index (χ2n) is 35.3. The Balaban J connectivity index is 1.80. The standard InChI is InChI=1S/C85H162N4O27Si3/c1-19-21-60-117(13,14)115-119(17,18)116-118(15,16)61-22-27-110-70-85(20-2,25-23-75(90)88-73-62-81(7,8)66-83(11,64-73)68-86-79(94)113-58-54-108-50-46-104-42-38-100-34-30-96-28-32-98-36-40-102-44-48-106-52-56-111-77(92)71(3)4)26-24-76(91)89-74-63-82(9,10)67-84(12,65-74)69-87-80(95)114-59-55-109-51-47-105-43-39-101-35-31-97-29-33-99-37-41-103-45-49-107-53-57-112-78(93)72(5)6/h73-74H,3,5,19-70H2,1-2,4,6-18H3,(H,86,94)(H,87,95)(H,88,90)(H,89,91). The molecule has 31 nitrogen and oxygen atoms in total. The zero-order valence-electron chi connectivity index (χ0n) is 76.4. The van der Waals surface area contributed by atoms with Crippen LogP contribution in [0.1, 0.15) is 159 Å². The minimum atomic E-state index is -2.37. The second kappa shape index (κ2) is 63.7. The normalized spacial score (nSPS) is 18.5. The molecule has 0 spiro atoms. The van der Waals surface area contributed by atoms with Gasteiger partial charge in [-0.3, -0.25) is 9.59 Å². The molecule has 0 aromatic rings. The highest BCUT2D eigenvalue weighted by Gasteiger charge is 2.45. The van der Waals surface area contributed by atoms with Crippen LogP contribution in [-0.2, 0) is 117 Å². The van der Waals surface area contributed by atoms with Crippen LogP contribution in [0.3, 0.4) is 0 Å². The van der Waals surface area contributed by atoms with Crippen molar-refractivity contribution in [1.82, 2.24) is 21.3 Å². The monoisotopic (exact) mass is 1760 g/mol. The van der Waals surface area contributed by atoms with Gasteiger partial charge in [-0.05, 0) is 157 Å². The lowest BCUT2D eigenvalue weighted by atomic mass is 9.62. The molecule has 2 rings (SSSR count). The first-order chi connectivity index (χ1) is 56.5. The maximum absolute atomic E-state index is 14.3. The molecule has 0 radical (unpaired) electrons. The molecule has 2 aliphatic rings. The van der Waals surface area contributed by atoms with Gasteiger partial charge in [0.25, 0.3) is 0 Å². The fraction of sp³-hybridized carbons (Fsp3) is 0.882. The summed E-state index contributed by atoms with van der Waals surface area (Å²) in [6, 6.07) is 1.81. The summed E-state index contributed by atoms with van der Waals surface area (Å²) >= 11 is 0. The van der Waals surface area contributed by atoms with E-state index in [1.54, 1.807) is 13.8 Å². The van der Waals surface area contributed by atoms with Gasteiger partial charge in [0, 0.05) is 55.8 Å². The van der Waals surface area contributed by atoms with E-state index in [1.807, 2.05) is 0 Å². The van der Waals surface area contributed by atoms with Crippen molar-refractivity contribution >= 4 is 61.1 Å². The Morgan fingerprint density at radius 2 is 0.639 bits per heavy atom. The predicted molar refractivity (Wildman–Crippen MR) is 463 cm³/mol. The van der Waals surface area contributed by atoms with Crippen LogP contribution in [0.15, 0.2) is 24.3 Å². The average Bonchev–Trinajstić information content (AvgIpc) is 0.820. The summed E-state index contributed by atoms with van der Waals surface area (Å²) in [4.78, 5) is 77.2. The van der Waals surface area contributed by atoms with Crippen molar-refractivity contribution in [2.24, 2.45) is 27.1 Å². The maximum atomic E-state index is 14.3. The summed E-state index contributed by atoms with van der Waals surface area (Å²) in [7, 11) is -6.35. The lowest BCUT2D eigenvalue weighted by Gasteiger charge is -2.47. The van der Waals surface area contributed by atoms with Crippen LogP contribution < -0.4 is 21.3 Å². The first-order valence-corrected chi connectivity index (χ1v) is 52.6. The predicted octanol–water partition coefficient (Wildman–Crippen LogP) is 11.6. The highest BCUT2D eigenvalue weighted by Crippen LogP contribution is 2.47. The summed E-state index contributed by atoms with van der Waals surface area (Å²) in [5.41, 5.74) is -0.640. The molecule has 2 saturated carbocycles. The van der Waals surface area contributed by atoms with Gasteiger partial charge in [-0.1, -0.05) is 81.4 Å². The number of carbonyl (C=O) groups is 6. The Morgan fingerprint density at radius 1 is 0.370 bits per heavy atom. The summed E-state index contributed by atoms with van der Waals surface area (Å²) in [5.74, 6) is -0.957. The SMILES string of the molecule is C=C(C)C(=O)OCCOCCOCCOCCOCCOCCOCCOCCOC(=O)NCC1(C)CC(NC(=O)CCC(CC)(CCC(=O)NC2CC(C)(C)CC(C)(CNC(=O)OCCOCCOCCOCCOCCOCCOCCOCCOC(=O)C(=C)C)C2)COCCC[Si](C)(C)O[Si](C)(C)O[Si](C)(C)CCCC)CC(C)(C)C1. The summed E-state index contributed by atoms with van der Waals surface area (Å²) in [5, 5.41) is 12.8. The first kappa shape index (κ1) is 111. The number of alkyl carbamates (subject to hydrolysis) is 2. The molecule has 2 aliphatic carbocycles. The molecule has 0 bridgehead atoms. The molecule has 0 aliphatic heterocycles. The van der Waals surface area contributed by atoms with Crippen molar-refractivity contribution < 1.29 is 127 Å². The number of ether oxygens (including phenoxy) is 19. The molecule has 0 aromatic carbocycles. The lowest BCUT2D eigenvalue weighted by Crippen LogP contribution is -2.52. The van der Waals surface area contributed by atoms with E-state index in [1.165, 1.54) is 6.42 Å². The Labute approximate surface area is 717 Å². The van der Waals surface area contributed by atoms with E-state index >= 15 is 0 Å². The third kappa shape index (κ3) is 60.2. The van der Waals surface area contributed by atoms with Gasteiger partial charge in [-0.15, -0.1) is 0 Å². The third-order valence-electron chi connectivity index (χ3n) is 20.1. The van der Waals surface area contributed by atoms with Gasteiger partial charge in [-0.2, -0.15) is 0 Å². The fourth-order valence-corrected chi connectivity index (χ4v) is 29.5. The Morgan fingerprint density at radius 3 is 0.908 bits per heavy atom. The summed E-state index contributed by atoms with van der Waals surface area (Å²) in [6.45, 7) is 54.3. The van der Waals surface area contributed by atoms with E-state index in [0.29, 0.717) is 241 Å². The number of amides is 4. The molecule has 696 valence electrons. The molecule has 4 amide bonds. The van der Waals surface area contributed by atoms with Crippen molar-refractivity contribution in [3.8, 4) is 0 Å². The lowest BCUT2D eigenvalue weighted by molar-refractivity contribution is -0.141. The largest absolute Gasteiger partial charge is 0.460 e. The fourth-order valence-electron chi connectivity index (χ4n) is 15.3. The van der Waals surface area contributed by atoms with Gasteiger partial charge in [-0.25, -0.2) is 19.2 Å². The highest BCUT2D eigenvalue weighted by molar-refractivity contribution is 6.87. The van der Waals surface area contributed by atoms with Crippen LogP contribution in [0.5, 0.6) is 0 Å². The maximum Gasteiger partial charge on any atom is 0.407 e. The molecular formula is C85H162N4O27Si3. The van der Waals surface area contributed by atoms with Crippen LogP contribution in [0, 0.1) is 27.1 Å². The average molecular weight is 1760 g/mol. The van der Waals surface area contributed by atoms with Crippen molar-refractivity contribution in [3.05, 3.63) is 24.3 Å². The molecule has 119 heavy (non-hydrogen) atoms. The Bertz CT molecular complexity index is 2610. The number of unbranched alkanes of at least 4 members (excludes halogenated alkanes) is 1. The van der Waals surface area contributed by atoms with Crippen molar-refractivity contribution in [1.29, 1.82) is 0 Å². The van der Waals surface area contributed by atoms with Gasteiger partial charge in [0.05, 0.1) is 192 Å². The van der Waals surface area contributed by atoms with Crippen LogP contribution >= 0.6 is 0 Å². The van der Waals surface area contributed by atoms with E-state index in [2.05, 4.69) is 129 Å². The molecule has 4 N–H and O–H groups in total. The first-order valence-electron chi connectivity index (χ1n) is 43.6. The molecule has 0 aromatic heterocycles. The van der Waals surface area contributed by atoms with E-state index in [0.717, 1.165) is 50.6 Å². The number of hydrogen-bond acceptors (Lipinski definition) is 27. The number of rotatable bonds is 76. The number of nitrogens with one attached hydrogen (secondary N) is 4. The van der Waals surface area contributed by atoms with Gasteiger partial charge in [0.2, 0.25) is 11.8 Å². The van der Waals surface area contributed by atoms with Crippen LogP contribution in [-0.4, -0.2) is 311 Å². The molecule has 34 heteroatoms. The minimum Gasteiger partial charge on any atom is -0.460 e. The smallest absolute Gasteiger partial charge is 0.407 e. The van der Waals surface area contributed by atoms with Crippen LogP contribution in [0.25, 0.3) is 0 Å². The van der Waals surface area contributed by atoms with Gasteiger partial charge < -0.3 is 119 Å². The topological polar surface area (TPSA) is 344 Å². The molecule has 0 heterocycles. The van der Waals surface area contributed by atoms with Crippen LogP contribution in [0.4, 0.5) is 9.59 Å². The van der Waals surface area contributed by atoms with E-state index < -0.39 is 54.7 Å². The second-order valence-corrected chi connectivity index (χ2v) is 47.7. The highest BCUT2D eigenvalue weighted by atomic mass is 28.5.